The van der Waals surface area contributed by atoms with Crippen LogP contribution < -0.4 is 10.2 Å². The number of carbonyl (C=O) groups excluding carboxylic acids is 1. The van der Waals surface area contributed by atoms with E-state index in [1.54, 1.807) is 19.4 Å². The highest BCUT2D eigenvalue weighted by atomic mass is 35.5. The third kappa shape index (κ3) is 5.07. The number of pyridine rings is 1. The molecule has 1 amide bonds. The van der Waals surface area contributed by atoms with Gasteiger partial charge in [0.2, 0.25) is 0 Å². The van der Waals surface area contributed by atoms with Crippen LogP contribution in [0.3, 0.4) is 0 Å². The summed E-state index contributed by atoms with van der Waals surface area (Å²) in [5.41, 5.74) is 2.22. The van der Waals surface area contributed by atoms with Gasteiger partial charge in [-0.3, -0.25) is 10.1 Å². The van der Waals surface area contributed by atoms with Gasteiger partial charge in [-0.05, 0) is 31.2 Å². The van der Waals surface area contributed by atoms with Crippen LogP contribution in [0, 0.1) is 0 Å². The number of carbonyl (C=O) groups is 1. The van der Waals surface area contributed by atoms with E-state index in [2.05, 4.69) is 27.1 Å². The third-order valence-corrected chi connectivity index (χ3v) is 5.16. The molecule has 146 valence electrons. The molecule has 1 N–H and O–H groups in total. The first-order valence-electron chi connectivity index (χ1n) is 8.83. The Morgan fingerprint density at radius 2 is 2.04 bits per heavy atom. The molecule has 3 rings (SSSR count). The van der Waals surface area contributed by atoms with Gasteiger partial charge in [0.05, 0.1) is 17.9 Å². The Kier molecular flexibility index (Phi) is 6.97. The Morgan fingerprint density at radius 1 is 1.25 bits per heavy atom. The van der Waals surface area contributed by atoms with Crippen LogP contribution in [0.15, 0.2) is 48.0 Å². The number of hydrogen-bond acceptors (Lipinski definition) is 6. The molecule has 0 fully saturated rings. The monoisotopic (exact) mass is 416 g/mol. The van der Waals surface area contributed by atoms with Gasteiger partial charge in [-0.25, -0.2) is 9.97 Å². The summed E-state index contributed by atoms with van der Waals surface area (Å²) in [7, 11) is 1.67. The van der Waals surface area contributed by atoms with Gasteiger partial charge in [0.1, 0.15) is 5.82 Å². The number of nitrogens with one attached hydrogen (secondary N) is 1. The van der Waals surface area contributed by atoms with Gasteiger partial charge in [-0.2, -0.15) is 0 Å². The van der Waals surface area contributed by atoms with Gasteiger partial charge in [-0.15, -0.1) is 11.3 Å². The van der Waals surface area contributed by atoms with Crippen LogP contribution in [-0.2, 0) is 4.74 Å². The summed E-state index contributed by atoms with van der Waals surface area (Å²) < 4.78 is 5.12. The SMILES string of the molecule is CCN(CCOC)c1ccc(C(=O)Nc2nc(-c3ccc(Cl)cc3)cs2)cn1. The summed E-state index contributed by atoms with van der Waals surface area (Å²) >= 11 is 7.29. The number of amides is 1. The standard InChI is InChI=1S/C20H21ClN4O2S/c1-3-25(10-11-27-2)18-9-6-15(12-22-18)19(26)24-20-23-17(13-28-20)14-4-7-16(21)8-5-14/h4-9,12-13H,3,10-11H2,1-2H3,(H,23,24,26). The topological polar surface area (TPSA) is 67.3 Å². The average Bonchev–Trinajstić information content (AvgIpc) is 3.18. The molecule has 0 saturated carbocycles. The Morgan fingerprint density at radius 3 is 2.68 bits per heavy atom. The van der Waals surface area contributed by atoms with Crippen LogP contribution in [-0.4, -0.2) is 42.7 Å². The van der Waals surface area contributed by atoms with Crippen molar-refractivity contribution in [3.05, 3.63) is 58.6 Å². The number of anilines is 2. The summed E-state index contributed by atoms with van der Waals surface area (Å²) in [4.78, 5) is 23.5. The summed E-state index contributed by atoms with van der Waals surface area (Å²) in [6, 6.07) is 11.0. The van der Waals surface area contributed by atoms with E-state index in [9.17, 15) is 4.79 Å². The molecule has 0 unspecified atom stereocenters. The lowest BCUT2D eigenvalue weighted by atomic mass is 10.2. The van der Waals surface area contributed by atoms with Crippen molar-refractivity contribution in [2.45, 2.75) is 6.92 Å². The minimum absolute atomic E-state index is 0.240. The number of hydrogen-bond donors (Lipinski definition) is 1. The summed E-state index contributed by atoms with van der Waals surface area (Å²) in [6.07, 6.45) is 1.58. The summed E-state index contributed by atoms with van der Waals surface area (Å²) in [6.45, 7) is 4.24. The highest BCUT2D eigenvalue weighted by Crippen LogP contribution is 2.26. The second-order valence-corrected chi connectivity index (χ2v) is 7.27. The molecule has 0 spiro atoms. The fourth-order valence-corrected chi connectivity index (χ4v) is 3.44. The van der Waals surface area contributed by atoms with Gasteiger partial charge >= 0.3 is 0 Å². The van der Waals surface area contributed by atoms with Crippen LogP contribution in [0.2, 0.25) is 5.02 Å². The summed E-state index contributed by atoms with van der Waals surface area (Å²) in [5, 5.41) is 5.93. The smallest absolute Gasteiger partial charge is 0.259 e. The largest absolute Gasteiger partial charge is 0.383 e. The molecule has 28 heavy (non-hydrogen) atoms. The predicted molar refractivity (Wildman–Crippen MR) is 115 cm³/mol. The maximum absolute atomic E-state index is 12.5. The molecule has 0 radical (unpaired) electrons. The lowest BCUT2D eigenvalue weighted by Crippen LogP contribution is -2.27. The van der Waals surface area contributed by atoms with Gasteiger partial charge in [0.15, 0.2) is 5.13 Å². The zero-order valence-electron chi connectivity index (χ0n) is 15.7. The van der Waals surface area contributed by atoms with Crippen molar-refractivity contribution in [1.29, 1.82) is 0 Å². The Balaban J connectivity index is 1.65. The second kappa shape index (κ2) is 9.64. The molecule has 1 aromatic carbocycles. The first-order valence-corrected chi connectivity index (χ1v) is 10.1. The molecule has 0 atom stereocenters. The maximum atomic E-state index is 12.5. The van der Waals surface area contributed by atoms with Crippen LogP contribution in [0.25, 0.3) is 11.3 Å². The lowest BCUT2D eigenvalue weighted by molar-refractivity contribution is 0.102. The number of likely N-dealkylation sites (N-methyl/N-ethyl adjacent to an activating group) is 1. The van der Waals surface area contributed by atoms with Gasteiger partial charge < -0.3 is 9.64 Å². The third-order valence-electron chi connectivity index (χ3n) is 4.15. The quantitative estimate of drug-likeness (QED) is 0.582. The number of benzene rings is 1. The minimum atomic E-state index is -0.240. The van der Waals surface area contributed by atoms with E-state index >= 15 is 0 Å². The molecule has 2 aromatic heterocycles. The fourth-order valence-electron chi connectivity index (χ4n) is 2.60. The van der Waals surface area contributed by atoms with Crippen molar-refractivity contribution >= 4 is 39.8 Å². The van der Waals surface area contributed by atoms with E-state index in [1.807, 2.05) is 35.7 Å². The minimum Gasteiger partial charge on any atom is -0.383 e. The number of thiazole rings is 1. The maximum Gasteiger partial charge on any atom is 0.259 e. The van der Waals surface area contributed by atoms with Crippen molar-refractivity contribution in [1.82, 2.24) is 9.97 Å². The number of methoxy groups -OCH3 is 1. The first kappa shape index (κ1) is 20.3. The molecule has 8 heteroatoms. The molecule has 6 nitrogen and oxygen atoms in total. The van der Waals surface area contributed by atoms with Crippen molar-refractivity contribution in [2.24, 2.45) is 0 Å². The number of halogens is 1. The van der Waals surface area contributed by atoms with E-state index in [0.29, 0.717) is 22.3 Å². The van der Waals surface area contributed by atoms with Crippen LogP contribution >= 0.6 is 22.9 Å². The van der Waals surface area contributed by atoms with Crippen molar-refractivity contribution in [3.8, 4) is 11.3 Å². The van der Waals surface area contributed by atoms with Gasteiger partial charge in [0, 0.05) is 42.4 Å². The highest BCUT2D eigenvalue weighted by Gasteiger charge is 2.12. The zero-order valence-corrected chi connectivity index (χ0v) is 17.3. The number of aromatic nitrogens is 2. The van der Waals surface area contributed by atoms with Crippen LogP contribution in [0.5, 0.6) is 0 Å². The molecule has 0 aliphatic heterocycles. The fraction of sp³-hybridized carbons (Fsp3) is 0.250. The lowest BCUT2D eigenvalue weighted by Gasteiger charge is -2.21. The molecule has 0 saturated heterocycles. The molecule has 0 aliphatic rings. The molecule has 2 heterocycles. The van der Waals surface area contributed by atoms with Crippen LogP contribution in [0.4, 0.5) is 10.9 Å². The number of ether oxygens (including phenoxy) is 1. The predicted octanol–water partition coefficient (Wildman–Crippen LogP) is 4.58. The summed E-state index contributed by atoms with van der Waals surface area (Å²) in [5.74, 6) is 0.575. The molecule has 3 aromatic rings. The number of nitrogens with zero attached hydrogens (tertiary/aromatic N) is 3. The zero-order chi connectivity index (χ0) is 19.9. The number of rotatable bonds is 8. The first-order chi connectivity index (χ1) is 13.6. The van der Waals surface area contributed by atoms with Crippen molar-refractivity contribution in [3.63, 3.8) is 0 Å². The highest BCUT2D eigenvalue weighted by molar-refractivity contribution is 7.14. The average molecular weight is 417 g/mol. The Bertz CT molecular complexity index is 913. The molecule has 0 bridgehead atoms. The Labute approximate surface area is 173 Å². The molecular formula is C20H21ClN4O2S. The second-order valence-electron chi connectivity index (χ2n) is 5.98. The van der Waals surface area contributed by atoms with Gasteiger partial charge in [0.25, 0.3) is 5.91 Å². The normalized spacial score (nSPS) is 10.7. The molecule has 0 aliphatic carbocycles. The van der Waals surface area contributed by atoms with E-state index in [-0.39, 0.29) is 5.91 Å². The van der Waals surface area contributed by atoms with E-state index < -0.39 is 0 Å². The van der Waals surface area contributed by atoms with Crippen LogP contribution in [0.1, 0.15) is 17.3 Å². The van der Waals surface area contributed by atoms with E-state index in [0.717, 1.165) is 30.2 Å². The van der Waals surface area contributed by atoms with E-state index in [4.69, 9.17) is 16.3 Å². The van der Waals surface area contributed by atoms with E-state index in [1.165, 1.54) is 11.3 Å². The van der Waals surface area contributed by atoms with Crippen molar-refractivity contribution in [2.75, 3.05) is 37.0 Å². The Hall–Kier alpha value is -2.48. The molecular weight excluding hydrogens is 396 g/mol. The van der Waals surface area contributed by atoms with Gasteiger partial charge in [-0.1, -0.05) is 23.7 Å². The van der Waals surface area contributed by atoms with Crippen molar-refractivity contribution < 1.29 is 9.53 Å².